The predicted molar refractivity (Wildman–Crippen MR) is 291 cm³/mol. The van der Waals surface area contributed by atoms with E-state index in [0.717, 1.165) is 89.9 Å². The highest BCUT2D eigenvalue weighted by Crippen LogP contribution is 2.17. The Hall–Kier alpha value is -2.96. The van der Waals surface area contributed by atoms with E-state index in [4.69, 9.17) is 4.74 Å². The van der Waals surface area contributed by atoms with Gasteiger partial charge in [0.25, 0.3) is 0 Å². The maximum atomic E-state index is 13.2. The second-order valence-corrected chi connectivity index (χ2v) is 19.0. The average Bonchev–Trinajstić information content (AvgIpc) is 3.32. The molecular formula is C61H107NO5. The Morgan fingerprint density at radius 1 is 0.478 bits per heavy atom. The number of unbranched alkanes of at least 4 members (excludes halogenated alkanes) is 26. The topological polar surface area (TPSA) is 95.9 Å². The highest BCUT2D eigenvalue weighted by Gasteiger charge is 2.23. The van der Waals surface area contributed by atoms with Crippen molar-refractivity contribution in [3.05, 3.63) is 85.1 Å². The molecule has 67 heavy (non-hydrogen) atoms. The summed E-state index contributed by atoms with van der Waals surface area (Å²) in [5.74, 6) is -0.597. The van der Waals surface area contributed by atoms with Gasteiger partial charge in [-0.3, -0.25) is 9.59 Å². The largest absolute Gasteiger partial charge is 0.461 e. The summed E-state index contributed by atoms with van der Waals surface area (Å²) in [5, 5.41) is 23.8. The van der Waals surface area contributed by atoms with Gasteiger partial charge in [-0.2, -0.15) is 0 Å². The molecule has 1 amide bonds. The van der Waals surface area contributed by atoms with Crippen LogP contribution in [0.2, 0.25) is 0 Å². The lowest BCUT2D eigenvalue weighted by molar-refractivity contribution is -0.150. The van der Waals surface area contributed by atoms with Crippen LogP contribution in [0.5, 0.6) is 0 Å². The van der Waals surface area contributed by atoms with E-state index in [1.54, 1.807) is 0 Å². The number of hydrogen-bond acceptors (Lipinski definition) is 5. The number of nitrogens with one attached hydrogen (secondary N) is 1. The molecule has 386 valence electrons. The maximum absolute atomic E-state index is 13.2. The van der Waals surface area contributed by atoms with Gasteiger partial charge in [-0.15, -0.1) is 0 Å². The van der Waals surface area contributed by atoms with Crippen LogP contribution in [0.4, 0.5) is 0 Å². The fourth-order valence-corrected chi connectivity index (χ4v) is 8.21. The predicted octanol–water partition coefficient (Wildman–Crippen LogP) is 17.5. The molecule has 0 aromatic carbocycles. The molecule has 0 aromatic heterocycles. The Morgan fingerprint density at radius 2 is 0.866 bits per heavy atom. The Kier molecular flexibility index (Phi) is 51.6. The third-order valence-electron chi connectivity index (χ3n) is 12.5. The number of ether oxygens (including phenoxy) is 1. The quantitative estimate of drug-likeness (QED) is 0.0244. The van der Waals surface area contributed by atoms with Gasteiger partial charge in [-0.05, 0) is 70.6 Å². The number of carbonyl (C=O) groups excluding carboxylic acids is 2. The number of amides is 1. The molecule has 3 atom stereocenters. The molecule has 0 aliphatic carbocycles. The molecule has 6 heteroatoms. The summed E-state index contributed by atoms with van der Waals surface area (Å²) in [6, 6.07) is -0.740. The number of hydrogen-bond donors (Lipinski definition) is 3. The molecule has 0 heterocycles. The molecule has 0 aromatic rings. The molecular weight excluding hydrogens is 827 g/mol. The van der Waals surface area contributed by atoms with Crippen molar-refractivity contribution >= 4 is 11.9 Å². The summed E-state index contributed by atoms with van der Waals surface area (Å²) in [4.78, 5) is 26.2. The average molecular weight is 935 g/mol. The summed E-state index contributed by atoms with van der Waals surface area (Å²) in [5.41, 5.74) is 0. The molecule has 3 N–H and O–H groups in total. The Labute approximate surface area is 414 Å². The third-order valence-corrected chi connectivity index (χ3v) is 12.5. The molecule has 0 rings (SSSR count). The van der Waals surface area contributed by atoms with E-state index >= 15 is 0 Å². The number of aliphatic hydroxyl groups excluding tert-OH is 2. The van der Waals surface area contributed by atoms with Crippen molar-refractivity contribution in [2.24, 2.45) is 0 Å². The van der Waals surface area contributed by atoms with Crippen LogP contribution in [-0.4, -0.2) is 46.9 Å². The van der Waals surface area contributed by atoms with Gasteiger partial charge < -0.3 is 20.3 Å². The SMILES string of the molecule is CC/C=C\C/C=C\C/C=C\C/C=C\C/C=C\CC(CC(=O)NC(CO)C(O)CCCCCCCCCCCCCCCCC)OC(=O)CCCCCCC/C=C/C=C/CCCCCCCCC. The van der Waals surface area contributed by atoms with Crippen LogP contribution in [0.25, 0.3) is 0 Å². The summed E-state index contributed by atoms with van der Waals surface area (Å²) in [7, 11) is 0. The first-order valence-corrected chi connectivity index (χ1v) is 28.3. The number of carbonyl (C=O) groups is 2. The van der Waals surface area contributed by atoms with Gasteiger partial charge in [-0.25, -0.2) is 0 Å². The number of allylic oxidation sites excluding steroid dienone is 13. The Morgan fingerprint density at radius 3 is 1.30 bits per heavy atom. The molecule has 0 spiro atoms. The fraction of sp³-hybridized carbons (Fsp3) is 0.738. The highest BCUT2D eigenvalue weighted by molar-refractivity contribution is 5.77. The molecule has 0 bridgehead atoms. The standard InChI is InChI=1S/C61H107NO5/c1-4-7-10-13-16-19-22-25-28-29-30-33-36-39-42-45-48-51-54-61(66)67-57(52-49-46-43-40-37-34-31-26-23-20-17-14-11-8-5-2)55-60(65)62-58(56-63)59(64)53-50-47-44-41-38-35-32-27-24-21-18-15-12-9-6-3/h8,11,17,20,26,28-31,33,37,40,46,49,57-59,63-64H,4-7,9-10,12-16,18-19,21-25,27,32,34-36,38-39,41-45,47-48,50-56H2,1-3H3,(H,62,65)/b11-8-,20-17-,29-28+,31-26-,33-30+,40-37-,49-46-. The van der Waals surface area contributed by atoms with E-state index in [1.165, 1.54) is 128 Å². The second-order valence-electron chi connectivity index (χ2n) is 19.0. The third kappa shape index (κ3) is 49.3. The van der Waals surface area contributed by atoms with Crippen LogP contribution in [0, 0.1) is 0 Å². The molecule has 3 unspecified atom stereocenters. The zero-order chi connectivity index (χ0) is 48.8. The van der Waals surface area contributed by atoms with Gasteiger partial charge in [-0.1, -0.05) is 260 Å². The highest BCUT2D eigenvalue weighted by atomic mass is 16.5. The van der Waals surface area contributed by atoms with Crippen LogP contribution in [0.1, 0.15) is 265 Å². The van der Waals surface area contributed by atoms with Gasteiger partial charge in [0.05, 0.1) is 25.2 Å². The normalized spacial score (nSPS) is 13.8. The van der Waals surface area contributed by atoms with Crippen molar-refractivity contribution in [3.63, 3.8) is 0 Å². The van der Waals surface area contributed by atoms with Crippen molar-refractivity contribution in [1.82, 2.24) is 5.32 Å². The van der Waals surface area contributed by atoms with E-state index in [9.17, 15) is 19.8 Å². The van der Waals surface area contributed by atoms with Crippen molar-refractivity contribution in [3.8, 4) is 0 Å². The van der Waals surface area contributed by atoms with Crippen molar-refractivity contribution in [2.45, 2.75) is 283 Å². The summed E-state index contributed by atoms with van der Waals surface area (Å²) < 4.78 is 5.88. The van der Waals surface area contributed by atoms with E-state index in [1.807, 2.05) is 12.2 Å². The summed E-state index contributed by atoms with van der Waals surface area (Å²) >= 11 is 0. The van der Waals surface area contributed by atoms with Gasteiger partial charge >= 0.3 is 5.97 Å². The lowest BCUT2D eigenvalue weighted by atomic mass is 10.0. The van der Waals surface area contributed by atoms with Crippen molar-refractivity contribution in [2.75, 3.05) is 6.61 Å². The van der Waals surface area contributed by atoms with Crippen LogP contribution < -0.4 is 5.32 Å². The van der Waals surface area contributed by atoms with E-state index in [0.29, 0.717) is 19.3 Å². The Bertz CT molecular complexity index is 1280. The number of aliphatic hydroxyl groups is 2. The van der Waals surface area contributed by atoms with E-state index in [-0.39, 0.29) is 24.9 Å². The zero-order valence-corrected chi connectivity index (χ0v) is 44.0. The van der Waals surface area contributed by atoms with Gasteiger partial charge in [0, 0.05) is 12.8 Å². The molecule has 6 nitrogen and oxygen atoms in total. The molecule has 0 aliphatic rings. The maximum Gasteiger partial charge on any atom is 0.306 e. The monoisotopic (exact) mass is 934 g/mol. The van der Waals surface area contributed by atoms with Gasteiger partial charge in [0.15, 0.2) is 0 Å². The first-order chi connectivity index (χ1) is 33.0. The van der Waals surface area contributed by atoms with Crippen molar-refractivity contribution < 1.29 is 24.5 Å². The molecule has 0 saturated carbocycles. The number of rotatable bonds is 50. The van der Waals surface area contributed by atoms with Crippen molar-refractivity contribution in [1.29, 1.82) is 0 Å². The van der Waals surface area contributed by atoms with Gasteiger partial charge in [0.1, 0.15) is 6.10 Å². The molecule has 0 saturated heterocycles. The summed E-state index contributed by atoms with van der Waals surface area (Å²) in [6.45, 7) is 6.35. The smallest absolute Gasteiger partial charge is 0.306 e. The van der Waals surface area contributed by atoms with Crippen LogP contribution >= 0.6 is 0 Å². The minimum absolute atomic E-state index is 0.00986. The number of esters is 1. The minimum Gasteiger partial charge on any atom is -0.461 e. The van der Waals surface area contributed by atoms with Crippen LogP contribution in [0.15, 0.2) is 85.1 Å². The van der Waals surface area contributed by atoms with Gasteiger partial charge in [0.2, 0.25) is 5.91 Å². The van der Waals surface area contributed by atoms with Crippen LogP contribution in [0.3, 0.4) is 0 Å². The molecule has 0 fully saturated rings. The molecule has 0 aliphatic heterocycles. The zero-order valence-electron chi connectivity index (χ0n) is 44.0. The first-order valence-electron chi connectivity index (χ1n) is 28.3. The van der Waals surface area contributed by atoms with Crippen LogP contribution in [-0.2, 0) is 14.3 Å². The second kappa shape index (κ2) is 54.0. The minimum atomic E-state index is -0.819. The Balaban J connectivity index is 4.70. The van der Waals surface area contributed by atoms with E-state index in [2.05, 4.69) is 99.0 Å². The van der Waals surface area contributed by atoms with E-state index < -0.39 is 18.2 Å². The first kappa shape index (κ1) is 64.0. The lowest BCUT2D eigenvalue weighted by Crippen LogP contribution is -2.46. The molecule has 0 radical (unpaired) electrons. The summed E-state index contributed by atoms with van der Waals surface area (Å²) in [6.07, 6.45) is 70.9. The lowest BCUT2D eigenvalue weighted by Gasteiger charge is -2.24. The fourth-order valence-electron chi connectivity index (χ4n) is 8.21.